The van der Waals surface area contributed by atoms with E-state index in [9.17, 15) is 13.2 Å². The van der Waals surface area contributed by atoms with Crippen molar-refractivity contribution < 1.29 is 13.2 Å². The van der Waals surface area contributed by atoms with Crippen LogP contribution in [0.25, 0.3) is 0 Å². The Bertz CT molecular complexity index is 548. The molecule has 0 saturated heterocycles. The fraction of sp³-hybridized carbons (Fsp3) is 0.688. The van der Waals surface area contributed by atoms with E-state index in [1.807, 2.05) is 18.3 Å². The monoisotopic (exact) mass is 490 g/mol. The molecule has 2 N–H and O–H groups in total. The van der Waals surface area contributed by atoms with Crippen LogP contribution in [-0.4, -0.2) is 49.3 Å². The van der Waals surface area contributed by atoms with Gasteiger partial charge in [0.2, 0.25) is 0 Å². The van der Waals surface area contributed by atoms with E-state index >= 15 is 0 Å². The molecule has 1 aliphatic rings. The summed E-state index contributed by atoms with van der Waals surface area (Å²) >= 11 is 1.81. The summed E-state index contributed by atoms with van der Waals surface area (Å²) < 4.78 is 36.7. The molecule has 1 aromatic rings. The van der Waals surface area contributed by atoms with Gasteiger partial charge in [-0.3, -0.25) is 9.89 Å². The van der Waals surface area contributed by atoms with E-state index < -0.39 is 12.6 Å². The van der Waals surface area contributed by atoms with Crippen LogP contribution in [0.4, 0.5) is 13.2 Å². The maximum Gasteiger partial charge on any atom is 0.390 e. The van der Waals surface area contributed by atoms with E-state index in [0.717, 1.165) is 19.5 Å². The highest BCUT2D eigenvalue weighted by Crippen LogP contribution is 2.25. The van der Waals surface area contributed by atoms with E-state index in [4.69, 9.17) is 0 Å². The van der Waals surface area contributed by atoms with E-state index in [-0.39, 0.29) is 36.6 Å². The van der Waals surface area contributed by atoms with Gasteiger partial charge in [-0.25, -0.2) is 0 Å². The van der Waals surface area contributed by atoms with Gasteiger partial charge in [0.05, 0.1) is 13.0 Å². The molecule has 2 heterocycles. The second-order valence-electron chi connectivity index (χ2n) is 5.95. The molecule has 2 rings (SSSR count). The number of fused-ring (bicyclic) bond motifs is 1. The Balaban J connectivity index is 0.00000312. The number of nitrogens with zero attached hydrogens (tertiary/aromatic N) is 2. The zero-order valence-electron chi connectivity index (χ0n) is 14.5. The summed E-state index contributed by atoms with van der Waals surface area (Å²) in [6.07, 6.45) is -3.95. The predicted octanol–water partition coefficient (Wildman–Crippen LogP) is 3.62. The smallest absolute Gasteiger partial charge is 0.357 e. The molecule has 1 aromatic heterocycles. The van der Waals surface area contributed by atoms with Crippen molar-refractivity contribution in [1.82, 2.24) is 15.5 Å². The summed E-state index contributed by atoms with van der Waals surface area (Å²) in [6.45, 7) is 6.95. The Morgan fingerprint density at radius 3 is 2.84 bits per heavy atom. The standard InChI is InChI=1S/C16H25F3N4S.HI/c1-3-20-15(21-7-6-16(17,18)19)22-10-12(2)23-8-4-14-13(11-23)5-9-24-14;/h5,9,12H,3-4,6-8,10-11H2,1-2H3,(H2,20,21,22);1H. The van der Waals surface area contributed by atoms with Gasteiger partial charge in [-0.15, -0.1) is 35.3 Å². The Morgan fingerprint density at radius 2 is 2.16 bits per heavy atom. The van der Waals surface area contributed by atoms with Crippen LogP contribution in [0.1, 0.15) is 30.7 Å². The molecule has 0 bridgehead atoms. The number of hydrogen-bond acceptors (Lipinski definition) is 3. The Hall–Kier alpha value is -0.550. The average Bonchev–Trinajstić information content (AvgIpc) is 2.98. The number of alkyl halides is 3. The van der Waals surface area contributed by atoms with Crippen LogP contribution >= 0.6 is 35.3 Å². The Labute approximate surface area is 168 Å². The quantitative estimate of drug-likeness (QED) is 0.364. The van der Waals surface area contributed by atoms with Crippen molar-refractivity contribution >= 4 is 41.3 Å². The number of nitrogens with one attached hydrogen (secondary N) is 2. The van der Waals surface area contributed by atoms with Crippen molar-refractivity contribution in [3.8, 4) is 0 Å². The second kappa shape index (κ2) is 10.6. The first kappa shape index (κ1) is 22.5. The molecule has 0 aliphatic carbocycles. The summed E-state index contributed by atoms with van der Waals surface area (Å²) in [7, 11) is 0. The normalized spacial score (nSPS) is 16.8. The van der Waals surface area contributed by atoms with Gasteiger partial charge >= 0.3 is 6.18 Å². The van der Waals surface area contributed by atoms with Crippen LogP contribution in [0.2, 0.25) is 0 Å². The van der Waals surface area contributed by atoms with Gasteiger partial charge in [0.15, 0.2) is 5.96 Å². The average molecular weight is 490 g/mol. The molecular weight excluding hydrogens is 464 g/mol. The van der Waals surface area contributed by atoms with Crippen LogP contribution in [0.5, 0.6) is 0 Å². The molecule has 144 valence electrons. The van der Waals surface area contributed by atoms with Gasteiger partial charge in [-0.1, -0.05) is 0 Å². The summed E-state index contributed by atoms with van der Waals surface area (Å²) in [6, 6.07) is 2.42. The highest BCUT2D eigenvalue weighted by molar-refractivity contribution is 14.0. The molecule has 1 atom stereocenters. The third kappa shape index (κ3) is 7.69. The van der Waals surface area contributed by atoms with Gasteiger partial charge in [0, 0.05) is 37.1 Å². The second-order valence-corrected chi connectivity index (χ2v) is 6.95. The maximum atomic E-state index is 12.2. The number of thiophene rings is 1. The third-order valence-electron chi connectivity index (χ3n) is 4.02. The lowest BCUT2D eigenvalue weighted by atomic mass is 10.1. The summed E-state index contributed by atoms with van der Waals surface area (Å²) in [5.74, 6) is 0.446. The topological polar surface area (TPSA) is 39.7 Å². The van der Waals surface area contributed by atoms with Crippen molar-refractivity contribution in [3.63, 3.8) is 0 Å². The van der Waals surface area contributed by atoms with Gasteiger partial charge in [-0.05, 0) is 37.3 Å². The van der Waals surface area contributed by atoms with Crippen LogP contribution in [-0.2, 0) is 13.0 Å². The first-order chi connectivity index (χ1) is 11.4. The Morgan fingerprint density at radius 1 is 1.40 bits per heavy atom. The van der Waals surface area contributed by atoms with Crippen LogP contribution in [0, 0.1) is 0 Å². The fourth-order valence-corrected chi connectivity index (χ4v) is 3.54. The van der Waals surface area contributed by atoms with E-state index in [1.54, 1.807) is 0 Å². The van der Waals surface area contributed by atoms with Crippen LogP contribution < -0.4 is 10.6 Å². The van der Waals surface area contributed by atoms with Gasteiger partial charge in [0.25, 0.3) is 0 Å². The number of aliphatic imine (C=N–C) groups is 1. The number of hydrogen-bond donors (Lipinski definition) is 2. The molecule has 1 unspecified atom stereocenters. The molecule has 0 saturated carbocycles. The van der Waals surface area contributed by atoms with Crippen LogP contribution in [0.15, 0.2) is 16.4 Å². The lowest BCUT2D eigenvalue weighted by molar-refractivity contribution is -0.132. The molecule has 1 aliphatic heterocycles. The third-order valence-corrected chi connectivity index (χ3v) is 5.04. The fourth-order valence-electron chi connectivity index (χ4n) is 2.65. The van der Waals surface area contributed by atoms with E-state index in [0.29, 0.717) is 19.0 Å². The minimum absolute atomic E-state index is 0. The summed E-state index contributed by atoms with van der Waals surface area (Å²) in [5, 5.41) is 7.87. The lowest BCUT2D eigenvalue weighted by Gasteiger charge is -2.31. The van der Waals surface area contributed by atoms with Crippen molar-refractivity contribution in [3.05, 3.63) is 21.9 Å². The largest absolute Gasteiger partial charge is 0.390 e. The van der Waals surface area contributed by atoms with Crippen molar-refractivity contribution in [2.45, 2.75) is 45.5 Å². The molecule has 0 aromatic carbocycles. The Kier molecular flexibility index (Phi) is 9.50. The summed E-state index contributed by atoms with van der Waals surface area (Å²) in [4.78, 5) is 8.27. The number of guanidine groups is 1. The predicted molar refractivity (Wildman–Crippen MR) is 108 cm³/mol. The van der Waals surface area contributed by atoms with Gasteiger partial charge < -0.3 is 10.6 Å². The number of rotatable bonds is 6. The molecule has 25 heavy (non-hydrogen) atoms. The van der Waals surface area contributed by atoms with Crippen molar-refractivity contribution in [2.75, 3.05) is 26.2 Å². The number of halogens is 4. The summed E-state index contributed by atoms with van der Waals surface area (Å²) in [5.41, 5.74) is 1.39. The van der Waals surface area contributed by atoms with Gasteiger partial charge in [-0.2, -0.15) is 13.2 Å². The minimum atomic E-state index is -4.15. The van der Waals surface area contributed by atoms with Crippen molar-refractivity contribution in [1.29, 1.82) is 0 Å². The highest BCUT2D eigenvalue weighted by Gasteiger charge is 2.26. The molecule has 0 radical (unpaired) electrons. The molecule has 0 spiro atoms. The van der Waals surface area contributed by atoms with Crippen LogP contribution in [0.3, 0.4) is 0 Å². The van der Waals surface area contributed by atoms with Gasteiger partial charge in [0.1, 0.15) is 0 Å². The lowest BCUT2D eigenvalue weighted by Crippen LogP contribution is -2.42. The molecule has 9 heteroatoms. The first-order valence-electron chi connectivity index (χ1n) is 8.27. The zero-order chi connectivity index (χ0) is 17.6. The van der Waals surface area contributed by atoms with E-state index in [1.165, 1.54) is 10.4 Å². The first-order valence-corrected chi connectivity index (χ1v) is 9.15. The van der Waals surface area contributed by atoms with E-state index in [2.05, 4.69) is 38.9 Å². The molecule has 0 amide bonds. The maximum absolute atomic E-state index is 12.2. The zero-order valence-corrected chi connectivity index (χ0v) is 17.7. The van der Waals surface area contributed by atoms with Crippen molar-refractivity contribution in [2.24, 2.45) is 4.99 Å². The molecule has 4 nitrogen and oxygen atoms in total. The highest BCUT2D eigenvalue weighted by atomic mass is 127. The molecule has 0 fully saturated rings. The minimum Gasteiger partial charge on any atom is -0.357 e. The molecular formula is C16H26F3IN4S. The SMILES string of the molecule is CCNC(=NCC(C)N1CCc2sccc2C1)NCCC(F)(F)F.I.